The first-order valence-electron chi connectivity index (χ1n) is 22.6. The van der Waals surface area contributed by atoms with Crippen LogP contribution in [-0.2, 0) is 16.1 Å². The standard InChI is InChI=1S/C25H31F2NO3.C22H26O2.C3H5F2NO2.CH4/c26-25(27,23(29)30)17-28-16-18-4-5-20-15-22(7-6-19(20)14-18)31-21-8-12-24(13-9-21)10-2-1-3-11-24;23-16-17-4-5-19-15-21(7-6-18(19)14-17)24-20-8-12-22(13-9-20)10-2-1-3-11-22;4-3(5,1-6)2(7)8;/h4-7,14-15,21,28H,1-3,8-13,16-17H2,(H,29,30);4-7,14-16,20H,1-3,8-13H2;1,6H2,(H,7,8);1H4. The third kappa shape index (κ3) is 13.6. The summed E-state index contributed by atoms with van der Waals surface area (Å²) in [6.07, 6.45) is 25.6. The van der Waals surface area contributed by atoms with Gasteiger partial charge in [0.25, 0.3) is 0 Å². The number of carbonyl (C=O) groups excluding carboxylic acids is 1. The topological polar surface area (TPSA) is 148 Å². The molecule has 8 rings (SSSR count). The molecule has 2 spiro atoms. The van der Waals surface area contributed by atoms with Gasteiger partial charge in [0.05, 0.1) is 25.3 Å². The van der Waals surface area contributed by atoms with E-state index in [9.17, 15) is 31.9 Å². The SMILES string of the molecule is C.NCC(F)(F)C(=O)O.O=C(O)C(F)(F)CNCc1ccc2cc(OC3CCC4(CCCCC4)CC3)ccc2c1.O=Cc1ccc2cc(OC3CCC4(CCCCC4)CC3)ccc2c1. The second kappa shape index (κ2) is 22.4. The zero-order valence-corrected chi connectivity index (χ0v) is 36.0. The Morgan fingerprint density at radius 3 is 1.47 bits per heavy atom. The number of aliphatic carboxylic acids is 2. The third-order valence-corrected chi connectivity index (χ3v) is 13.8. The number of nitrogens with two attached hydrogens (primary N) is 1. The lowest BCUT2D eigenvalue weighted by atomic mass is 9.65. The lowest BCUT2D eigenvalue weighted by molar-refractivity contribution is -0.164. The Kier molecular flexibility index (Phi) is 17.6. The van der Waals surface area contributed by atoms with Gasteiger partial charge in [-0.3, -0.25) is 4.79 Å². The van der Waals surface area contributed by atoms with E-state index >= 15 is 0 Å². The summed E-state index contributed by atoms with van der Waals surface area (Å²) < 4.78 is 62.0. The Morgan fingerprint density at radius 1 is 0.625 bits per heavy atom. The van der Waals surface area contributed by atoms with E-state index in [-0.39, 0.29) is 20.1 Å². The van der Waals surface area contributed by atoms with Gasteiger partial charge in [-0.15, -0.1) is 0 Å². The zero-order valence-electron chi connectivity index (χ0n) is 36.0. The van der Waals surface area contributed by atoms with Crippen LogP contribution in [0.2, 0.25) is 0 Å². The largest absolute Gasteiger partial charge is 0.490 e. The quantitative estimate of drug-likeness (QED) is 0.0805. The smallest absolute Gasteiger partial charge is 0.375 e. The number of carboxylic acids is 2. The summed E-state index contributed by atoms with van der Waals surface area (Å²) in [5, 5.41) is 22.9. The number of halogens is 4. The van der Waals surface area contributed by atoms with Gasteiger partial charge >= 0.3 is 23.8 Å². The fourth-order valence-electron chi connectivity index (χ4n) is 10.0. The van der Waals surface area contributed by atoms with Crippen LogP contribution in [0.15, 0.2) is 72.8 Å². The second-order valence-electron chi connectivity index (χ2n) is 18.3. The number of aldehydes is 1. The number of benzene rings is 4. The number of nitrogens with one attached hydrogen (secondary N) is 1. The van der Waals surface area contributed by atoms with Crippen LogP contribution in [0.3, 0.4) is 0 Å². The van der Waals surface area contributed by atoms with Crippen molar-refractivity contribution < 1.29 is 51.6 Å². The van der Waals surface area contributed by atoms with Crippen LogP contribution >= 0.6 is 0 Å². The molecule has 0 aliphatic heterocycles. The van der Waals surface area contributed by atoms with Crippen molar-refractivity contribution in [1.82, 2.24) is 5.32 Å². The van der Waals surface area contributed by atoms with E-state index in [0.29, 0.717) is 16.9 Å². The number of hydrogen-bond acceptors (Lipinski definition) is 7. The van der Waals surface area contributed by atoms with E-state index in [1.807, 2.05) is 60.7 Å². The molecule has 0 unspecified atom stereocenters. The summed E-state index contributed by atoms with van der Waals surface area (Å²) in [6, 6.07) is 23.8. The predicted molar refractivity (Wildman–Crippen MR) is 243 cm³/mol. The van der Waals surface area contributed by atoms with Gasteiger partial charge < -0.3 is 30.7 Å². The Balaban J connectivity index is 0.000000207. The van der Waals surface area contributed by atoms with Gasteiger partial charge in [0.1, 0.15) is 17.8 Å². The molecule has 0 bridgehead atoms. The first-order valence-corrected chi connectivity index (χ1v) is 22.6. The van der Waals surface area contributed by atoms with Crippen LogP contribution in [0.5, 0.6) is 11.5 Å². The molecule has 4 aliphatic rings. The highest BCUT2D eigenvalue weighted by atomic mass is 19.3. The molecular formula is C51H66F4N2O7. The van der Waals surface area contributed by atoms with Crippen LogP contribution in [0.4, 0.5) is 17.6 Å². The molecular weight excluding hydrogens is 829 g/mol. The number of carboxylic acid groups (broad SMARTS) is 2. The average molecular weight is 895 g/mol. The molecule has 0 aromatic heterocycles. The summed E-state index contributed by atoms with van der Waals surface area (Å²) in [5.74, 6) is -9.98. The number of fused-ring (bicyclic) bond motifs is 2. The molecule has 4 aromatic carbocycles. The molecule has 13 heteroatoms. The molecule has 0 radical (unpaired) electrons. The Hall–Kier alpha value is -4.75. The maximum absolute atomic E-state index is 13.2. The Bertz CT molecular complexity index is 2150. The highest BCUT2D eigenvalue weighted by Crippen LogP contribution is 2.49. The van der Waals surface area contributed by atoms with E-state index in [1.54, 1.807) is 0 Å². The minimum absolute atomic E-state index is 0. The first kappa shape index (κ1) is 50.3. The molecule has 4 fully saturated rings. The van der Waals surface area contributed by atoms with Gasteiger partial charge in [-0.1, -0.05) is 82.3 Å². The Morgan fingerprint density at radius 2 is 1.05 bits per heavy atom. The molecule has 4 saturated carbocycles. The van der Waals surface area contributed by atoms with Crippen molar-refractivity contribution in [2.75, 3.05) is 13.1 Å². The Labute approximate surface area is 374 Å². The molecule has 9 nitrogen and oxygen atoms in total. The van der Waals surface area contributed by atoms with Gasteiger partial charge in [0, 0.05) is 12.1 Å². The van der Waals surface area contributed by atoms with E-state index in [2.05, 4.69) is 23.2 Å². The third-order valence-electron chi connectivity index (χ3n) is 13.8. The highest BCUT2D eigenvalue weighted by molar-refractivity contribution is 5.89. The van der Waals surface area contributed by atoms with Gasteiger partial charge in [-0.2, -0.15) is 17.6 Å². The van der Waals surface area contributed by atoms with Crippen molar-refractivity contribution >= 4 is 39.8 Å². The second-order valence-corrected chi connectivity index (χ2v) is 18.3. The zero-order chi connectivity index (χ0) is 45.1. The lowest BCUT2D eigenvalue weighted by Crippen LogP contribution is -2.39. The minimum atomic E-state index is -3.77. The summed E-state index contributed by atoms with van der Waals surface area (Å²) in [5.41, 5.74) is 7.16. The van der Waals surface area contributed by atoms with Crippen LogP contribution < -0.4 is 20.5 Å². The molecule has 0 heterocycles. The van der Waals surface area contributed by atoms with Crippen LogP contribution in [0.25, 0.3) is 21.5 Å². The summed E-state index contributed by atoms with van der Waals surface area (Å²) >= 11 is 0. The van der Waals surface area contributed by atoms with Crippen molar-refractivity contribution in [3.63, 3.8) is 0 Å². The van der Waals surface area contributed by atoms with E-state index in [1.165, 1.54) is 103 Å². The number of alkyl halides is 4. The van der Waals surface area contributed by atoms with Crippen LogP contribution in [0, 0.1) is 10.8 Å². The van der Waals surface area contributed by atoms with Crippen molar-refractivity contribution in [3.05, 3.63) is 83.9 Å². The molecule has 4 aromatic rings. The fraction of sp³-hybridized carbons (Fsp3) is 0.549. The molecule has 350 valence electrons. The fourth-order valence-corrected chi connectivity index (χ4v) is 10.0. The van der Waals surface area contributed by atoms with E-state index in [0.717, 1.165) is 63.3 Å². The van der Waals surface area contributed by atoms with E-state index < -0.39 is 36.9 Å². The number of ether oxygens (including phenoxy) is 2. The average Bonchev–Trinajstić information content (AvgIpc) is 3.29. The minimum Gasteiger partial charge on any atom is -0.490 e. The summed E-state index contributed by atoms with van der Waals surface area (Å²) in [7, 11) is 0. The number of rotatable bonds is 12. The van der Waals surface area contributed by atoms with Gasteiger partial charge in [0.2, 0.25) is 0 Å². The monoisotopic (exact) mass is 894 g/mol. The predicted octanol–water partition coefficient (Wildman–Crippen LogP) is 12.1. The van der Waals surface area contributed by atoms with E-state index in [4.69, 9.17) is 19.7 Å². The molecule has 4 aliphatic carbocycles. The molecule has 0 amide bonds. The summed E-state index contributed by atoms with van der Waals surface area (Å²) in [4.78, 5) is 30.8. The van der Waals surface area contributed by atoms with Gasteiger partial charge in [-0.25, -0.2) is 9.59 Å². The van der Waals surface area contributed by atoms with Crippen molar-refractivity contribution in [3.8, 4) is 11.5 Å². The number of carbonyl (C=O) groups is 3. The maximum atomic E-state index is 13.2. The lowest BCUT2D eigenvalue weighted by Gasteiger charge is -2.42. The molecule has 0 atom stereocenters. The molecule has 64 heavy (non-hydrogen) atoms. The highest BCUT2D eigenvalue weighted by Gasteiger charge is 2.39. The van der Waals surface area contributed by atoms with Gasteiger partial charge in [-0.05, 0) is 151 Å². The molecule has 5 N–H and O–H groups in total. The normalized spacial score (nSPS) is 19.6. The number of hydrogen-bond donors (Lipinski definition) is 4. The first-order chi connectivity index (χ1) is 30.1. The van der Waals surface area contributed by atoms with Crippen molar-refractivity contribution in [1.29, 1.82) is 0 Å². The van der Waals surface area contributed by atoms with Gasteiger partial charge in [0.15, 0.2) is 0 Å². The molecule has 0 saturated heterocycles. The maximum Gasteiger partial charge on any atom is 0.375 e. The summed E-state index contributed by atoms with van der Waals surface area (Å²) in [6.45, 7) is -1.86. The van der Waals surface area contributed by atoms with Crippen LogP contribution in [0.1, 0.15) is 139 Å². The van der Waals surface area contributed by atoms with Crippen molar-refractivity contribution in [2.24, 2.45) is 16.6 Å². The van der Waals surface area contributed by atoms with Crippen LogP contribution in [-0.4, -0.2) is 65.6 Å². The van der Waals surface area contributed by atoms with Crippen molar-refractivity contribution in [2.45, 2.75) is 154 Å².